The molecule has 2 rings (SSSR count). The molecule has 146 valence electrons. The van der Waals surface area contributed by atoms with Crippen LogP contribution in [0.2, 0.25) is 0 Å². The number of carbonyl (C=O) groups is 2. The first-order valence-corrected chi connectivity index (χ1v) is 7.47. The molecule has 0 fully saturated rings. The zero-order chi connectivity index (χ0) is 19.8. The molecule has 2 aromatic rings. The second kappa shape index (κ2) is 8.94. The van der Waals surface area contributed by atoms with Crippen molar-refractivity contribution in [3.8, 4) is 23.5 Å². The molecule has 2 aromatic heterocycles. The Labute approximate surface area is 151 Å². The Morgan fingerprint density at radius 1 is 0.852 bits per heavy atom. The summed E-state index contributed by atoms with van der Waals surface area (Å²) < 4.78 is 10.2. The lowest BCUT2D eigenvalue weighted by atomic mass is 10.3. The molecular weight excluding hydrogens is 368 g/mol. The minimum absolute atomic E-state index is 0.0402. The first-order valence-electron chi connectivity index (χ1n) is 7.47. The van der Waals surface area contributed by atoms with Gasteiger partial charge in [-0.2, -0.15) is 0 Å². The zero-order valence-electron chi connectivity index (χ0n) is 13.7. The van der Waals surface area contributed by atoms with Gasteiger partial charge in [0.1, 0.15) is 0 Å². The zero-order valence-corrected chi connectivity index (χ0v) is 13.7. The minimum atomic E-state index is -1.20. The summed E-state index contributed by atoms with van der Waals surface area (Å²) in [5.74, 6) is -1.92. The topological polar surface area (TPSA) is 162 Å². The van der Waals surface area contributed by atoms with E-state index in [2.05, 4.69) is 14.4 Å². The highest BCUT2D eigenvalue weighted by Crippen LogP contribution is 2.19. The van der Waals surface area contributed by atoms with E-state index in [0.29, 0.717) is 22.3 Å². The van der Waals surface area contributed by atoms with Crippen LogP contribution < -0.4 is 9.68 Å². The Hall–Kier alpha value is -3.96. The third kappa shape index (κ3) is 5.52. The smallest absolute Gasteiger partial charge is 0.492 e. The van der Waals surface area contributed by atoms with Crippen LogP contribution >= 0.6 is 0 Å². The van der Waals surface area contributed by atoms with Crippen molar-refractivity contribution in [2.24, 2.45) is 0 Å². The Morgan fingerprint density at radius 3 is 1.85 bits per heavy atom. The van der Waals surface area contributed by atoms with Gasteiger partial charge in [0.05, 0.1) is 12.9 Å². The molecule has 0 atom stereocenters. The quantitative estimate of drug-likeness (QED) is 0.310. The first-order chi connectivity index (χ1) is 12.9. The number of hydrogen-bond acceptors (Lipinski definition) is 10. The van der Waals surface area contributed by atoms with Crippen molar-refractivity contribution in [1.29, 1.82) is 0 Å². The second-order valence-corrected chi connectivity index (χ2v) is 4.85. The molecule has 0 saturated carbocycles. The Balaban J connectivity index is 1.60. The number of unbranched alkanes of at least 4 members (excludes halogenated alkanes) is 1. The monoisotopic (exact) mass is 384 g/mol. The van der Waals surface area contributed by atoms with E-state index in [0.717, 1.165) is 30.5 Å². The van der Waals surface area contributed by atoms with Crippen molar-refractivity contribution in [3.05, 3.63) is 36.6 Å². The fraction of sp³-hybridized carbons (Fsp3) is 0.200. The number of hydrogen-bond donors (Lipinski definition) is 4. The molecule has 12 heteroatoms. The molecule has 0 aliphatic carbocycles. The lowest BCUT2D eigenvalue weighted by Crippen LogP contribution is -2.20. The predicted octanol–water partition coefficient (Wildman–Crippen LogP) is 1.24. The highest BCUT2D eigenvalue weighted by atomic mass is 16.8. The van der Waals surface area contributed by atoms with Gasteiger partial charge >= 0.3 is 12.3 Å². The number of allylic oxidation sites excluding steroid dienone is 1. The van der Waals surface area contributed by atoms with Crippen LogP contribution in [0.25, 0.3) is 0 Å². The molecule has 0 saturated heterocycles. The molecular formula is C15H16N2O10. The molecule has 0 amide bonds. The average Bonchev–Trinajstić information content (AvgIpc) is 3.11. The number of aromatic nitrogens is 2. The largest absolute Gasteiger partial charge is 0.538 e. The van der Waals surface area contributed by atoms with Crippen molar-refractivity contribution in [3.63, 3.8) is 0 Å². The van der Waals surface area contributed by atoms with E-state index in [1.165, 1.54) is 6.08 Å². The summed E-state index contributed by atoms with van der Waals surface area (Å²) in [6.07, 6.45) is 0.849. The fourth-order valence-corrected chi connectivity index (χ4v) is 1.72. The van der Waals surface area contributed by atoms with Gasteiger partial charge in [0.25, 0.3) is 0 Å². The lowest BCUT2D eigenvalue weighted by Gasteiger charge is -2.07. The van der Waals surface area contributed by atoms with Gasteiger partial charge in [0, 0.05) is 24.3 Å². The van der Waals surface area contributed by atoms with E-state index in [9.17, 15) is 30.0 Å². The molecule has 0 aromatic carbocycles. The SMILES string of the molecule is O=C(OC=CCCCOC(=O)On1c(O)ccc1O)On1c(O)ccc1O. The van der Waals surface area contributed by atoms with Gasteiger partial charge < -0.3 is 29.9 Å². The van der Waals surface area contributed by atoms with E-state index in [1.54, 1.807) is 0 Å². The van der Waals surface area contributed by atoms with Gasteiger partial charge in [0.2, 0.25) is 23.5 Å². The minimum Gasteiger partial charge on any atom is -0.492 e. The first kappa shape index (κ1) is 19.4. The summed E-state index contributed by atoms with van der Waals surface area (Å²) in [6, 6.07) is 4.47. The van der Waals surface area contributed by atoms with Gasteiger partial charge in [-0.15, -0.1) is 9.46 Å². The summed E-state index contributed by atoms with van der Waals surface area (Å²) in [5.41, 5.74) is 0. The van der Waals surface area contributed by atoms with Crippen LogP contribution in [0, 0.1) is 0 Å². The van der Waals surface area contributed by atoms with Gasteiger partial charge in [0.15, 0.2) is 0 Å². The van der Waals surface area contributed by atoms with Crippen LogP contribution in [-0.2, 0) is 9.47 Å². The molecule has 0 bridgehead atoms. The summed E-state index contributed by atoms with van der Waals surface area (Å²) >= 11 is 0. The maximum atomic E-state index is 11.4. The van der Waals surface area contributed by atoms with E-state index < -0.39 is 35.8 Å². The highest BCUT2D eigenvalue weighted by molar-refractivity contribution is 5.61. The number of nitrogens with zero attached hydrogens (tertiary/aromatic N) is 2. The molecule has 2 heterocycles. The summed E-state index contributed by atoms with van der Waals surface area (Å²) in [4.78, 5) is 31.8. The van der Waals surface area contributed by atoms with E-state index in [4.69, 9.17) is 4.74 Å². The predicted molar refractivity (Wildman–Crippen MR) is 84.9 cm³/mol. The highest BCUT2D eigenvalue weighted by Gasteiger charge is 2.13. The van der Waals surface area contributed by atoms with Crippen molar-refractivity contribution in [1.82, 2.24) is 9.46 Å². The lowest BCUT2D eigenvalue weighted by molar-refractivity contribution is 0.0351. The summed E-state index contributed by atoms with van der Waals surface area (Å²) in [7, 11) is 0. The average molecular weight is 384 g/mol. The number of carbonyl (C=O) groups excluding carboxylic acids is 2. The maximum absolute atomic E-state index is 11.4. The van der Waals surface area contributed by atoms with Crippen molar-refractivity contribution < 1.29 is 49.2 Å². The number of rotatable bonds is 7. The Bertz CT molecular complexity index is 784. The summed E-state index contributed by atoms with van der Waals surface area (Å²) in [5, 5.41) is 37.1. The van der Waals surface area contributed by atoms with Crippen LogP contribution in [0.15, 0.2) is 36.6 Å². The molecule has 0 spiro atoms. The molecule has 27 heavy (non-hydrogen) atoms. The molecule has 0 unspecified atom stereocenters. The third-order valence-electron chi connectivity index (χ3n) is 2.92. The summed E-state index contributed by atoms with van der Waals surface area (Å²) in [6.45, 7) is -0.0402. The van der Waals surface area contributed by atoms with Crippen LogP contribution in [-0.4, -0.2) is 48.8 Å². The van der Waals surface area contributed by atoms with Crippen molar-refractivity contribution >= 4 is 12.3 Å². The van der Waals surface area contributed by atoms with Crippen molar-refractivity contribution in [2.45, 2.75) is 12.8 Å². The number of ether oxygens (including phenoxy) is 2. The molecule has 0 radical (unpaired) electrons. The number of aromatic hydroxyl groups is 4. The normalized spacial score (nSPS) is 10.7. The standard InChI is InChI=1S/C15H16N2O10/c18-10-4-5-11(19)16(10)26-14(22)24-8-2-1-3-9-25-15(23)27-17-12(20)6-7-13(17)21/h2,4-8,18-21H,1,3,9H2. The van der Waals surface area contributed by atoms with Gasteiger partial charge in [-0.1, -0.05) is 0 Å². The van der Waals surface area contributed by atoms with E-state index in [-0.39, 0.29) is 6.61 Å². The van der Waals surface area contributed by atoms with Gasteiger partial charge in [-0.25, -0.2) is 9.59 Å². The fourth-order valence-electron chi connectivity index (χ4n) is 1.72. The van der Waals surface area contributed by atoms with Crippen molar-refractivity contribution in [2.75, 3.05) is 6.61 Å². The Morgan fingerprint density at radius 2 is 1.33 bits per heavy atom. The molecule has 12 nitrogen and oxygen atoms in total. The van der Waals surface area contributed by atoms with Crippen LogP contribution in [0.3, 0.4) is 0 Å². The molecule has 4 N–H and O–H groups in total. The van der Waals surface area contributed by atoms with Crippen LogP contribution in [0.4, 0.5) is 9.59 Å². The molecule has 0 aliphatic heterocycles. The van der Waals surface area contributed by atoms with Gasteiger partial charge in [-0.05, 0) is 18.9 Å². The second-order valence-electron chi connectivity index (χ2n) is 4.85. The van der Waals surface area contributed by atoms with E-state index >= 15 is 0 Å². The van der Waals surface area contributed by atoms with Gasteiger partial charge in [-0.3, -0.25) is 9.68 Å². The Kier molecular flexibility index (Phi) is 6.41. The van der Waals surface area contributed by atoms with Crippen LogP contribution in [0.5, 0.6) is 23.5 Å². The van der Waals surface area contributed by atoms with E-state index in [1.807, 2.05) is 0 Å². The maximum Gasteiger partial charge on any atom is 0.538 e. The van der Waals surface area contributed by atoms with Crippen LogP contribution in [0.1, 0.15) is 12.8 Å². The third-order valence-corrected chi connectivity index (χ3v) is 2.92. The molecule has 0 aliphatic rings.